The molecule has 6 heteroatoms. The molecule has 0 amide bonds. The van der Waals surface area contributed by atoms with Crippen molar-refractivity contribution < 1.29 is 4.39 Å². The van der Waals surface area contributed by atoms with Gasteiger partial charge in [0.2, 0.25) is 0 Å². The largest absolute Gasteiger partial charge is 0.351 e. The zero-order chi connectivity index (χ0) is 19.0. The number of aryl methyl sites for hydroxylation is 2. The monoisotopic (exact) mass is 380 g/mol. The van der Waals surface area contributed by atoms with Crippen LogP contribution >= 0.6 is 12.2 Å². The summed E-state index contributed by atoms with van der Waals surface area (Å²) in [5.74, 6) is -0.216. The lowest BCUT2D eigenvalue weighted by molar-refractivity contribution is 0.529. The van der Waals surface area contributed by atoms with E-state index in [1.807, 2.05) is 30.3 Å². The van der Waals surface area contributed by atoms with Gasteiger partial charge in [0, 0.05) is 30.3 Å². The summed E-state index contributed by atoms with van der Waals surface area (Å²) >= 11 is 5.69. The molecule has 2 aromatic heterocycles. The van der Waals surface area contributed by atoms with E-state index in [1.54, 1.807) is 19.2 Å². The third-order valence-electron chi connectivity index (χ3n) is 5.03. The normalized spacial score (nSPS) is 19.4. The van der Waals surface area contributed by atoms with Crippen LogP contribution in [0.3, 0.4) is 0 Å². The summed E-state index contributed by atoms with van der Waals surface area (Å²) < 4.78 is 16.0. The van der Waals surface area contributed by atoms with Crippen molar-refractivity contribution in [1.29, 1.82) is 0 Å². The Morgan fingerprint density at radius 3 is 2.74 bits per heavy atom. The molecule has 3 heterocycles. The van der Waals surface area contributed by atoms with Crippen LogP contribution in [0.2, 0.25) is 0 Å². The van der Waals surface area contributed by atoms with Gasteiger partial charge < -0.3 is 14.8 Å². The van der Waals surface area contributed by atoms with Crippen LogP contribution in [-0.2, 0) is 6.54 Å². The maximum atomic E-state index is 13.8. The van der Waals surface area contributed by atoms with E-state index >= 15 is 0 Å². The molecule has 1 N–H and O–H groups in total. The minimum atomic E-state index is -0.216. The Kier molecular flexibility index (Phi) is 4.66. The first-order valence-corrected chi connectivity index (χ1v) is 9.43. The Morgan fingerprint density at radius 2 is 2.04 bits per heavy atom. The van der Waals surface area contributed by atoms with Gasteiger partial charge in [-0.15, -0.1) is 0 Å². The zero-order valence-electron chi connectivity index (χ0n) is 15.3. The number of rotatable bonds is 4. The molecule has 0 unspecified atom stereocenters. The average Bonchev–Trinajstić information content (AvgIpc) is 3.28. The van der Waals surface area contributed by atoms with E-state index in [2.05, 4.69) is 39.0 Å². The molecule has 2 atom stereocenters. The summed E-state index contributed by atoms with van der Waals surface area (Å²) in [4.78, 5) is 6.62. The fourth-order valence-corrected chi connectivity index (χ4v) is 4.04. The summed E-state index contributed by atoms with van der Waals surface area (Å²) in [5, 5.41) is 4.05. The Morgan fingerprint density at radius 1 is 1.19 bits per heavy atom. The van der Waals surface area contributed by atoms with E-state index in [9.17, 15) is 4.39 Å². The van der Waals surface area contributed by atoms with Gasteiger partial charge in [-0.3, -0.25) is 4.98 Å². The second kappa shape index (κ2) is 7.12. The molecule has 1 aromatic carbocycles. The number of aromatic nitrogens is 2. The predicted molar refractivity (Wildman–Crippen MR) is 109 cm³/mol. The van der Waals surface area contributed by atoms with Gasteiger partial charge >= 0.3 is 0 Å². The number of nitrogens with zero attached hydrogens (tertiary/aromatic N) is 3. The quantitative estimate of drug-likeness (QED) is 0.674. The van der Waals surface area contributed by atoms with Gasteiger partial charge in [0.15, 0.2) is 5.11 Å². The first kappa shape index (κ1) is 17.7. The first-order valence-electron chi connectivity index (χ1n) is 9.02. The van der Waals surface area contributed by atoms with E-state index in [-0.39, 0.29) is 17.9 Å². The van der Waals surface area contributed by atoms with Crippen molar-refractivity contribution >= 4 is 23.0 Å². The highest BCUT2D eigenvalue weighted by Gasteiger charge is 2.41. The Bertz CT molecular complexity index is 969. The number of hydrogen-bond acceptors (Lipinski definition) is 2. The standard InChI is InChI=1S/C21H21FN4S/c1-3-25-12-6-8-18(25)20-19(17-7-4-5-11-23-17)24-21(27)26(20)15-9-10-16(22)14(2)13-15/h4-13,19-20H,3H2,1-2H3,(H,24,27)/t19-,20+/m0/s1. The van der Waals surface area contributed by atoms with Crippen molar-refractivity contribution in [2.45, 2.75) is 32.5 Å². The number of nitrogens with one attached hydrogen (secondary N) is 1. The van der Waals surface area contributed by atoms with Gasteiger partial charge in [0.25, 0.3) is 0 Å². The molecule has 0 saturated carbocycles. The lowest BCUT2D eigenvalue weighted by Crippen LogP contribution is -2.30. The summed E-state index contributed by atoms with van der Waals surface area (Å²) in [6.45, 7) is 4.74. The van der Waals surface area contributed by atoms with E-state index in [4.69, 9.17) is 12.2 Å². The number of pyridine rings is 1. The highest BCUT2D eigenvalue weighted by Crippen LogP contribution is 2.41. The van der Waals surface area contributed by atoms with Crippen molar-refractivity contribution in [3.63, 3.8) is 0 Å². The molecule has 0 aliphatic carbocycles. The summed E-state index contributed by atoms with van der Waals surface area (Å²) in [5.41, 5.74) is 3.54. The molecule has 1 saturated heterocycles. The minimum absolute atomic E-state index is 0.0767. The first-order chi connectivity index (χ1) is 13.1. The molecular formula is C21H21FN4S. The van der Waals surface area contributed by atoms with Crippen LogP contribution in [0.4, 0.5) is 10.1 Å². The van der Waals surface area contributed by atoms with Crippen molar-refractivity contribution in [2.75, 3.05) is 4.90 Å². The van der Waals surface area contributed by atoms with Gasteiger partial charge in [-0.1, -0.05) is 6.07 Å². The fraction of sp³-hybridized carbons (Fsp3) is 0.238. The van der Waals surface area contributed by atoms with E-state index in [0.29, 0.717) is 10.7 Å². The number of benzene rings is 1. The van der Waals surface area contributed by atoms with Gasteiger partial charge in [-0.25, -0.2) is 4.39 Å². The number of halogens is 1. The minimum Gasteiger partial charge on any atom is -0.351 e. The van der Waals surface area contributed by atoms with Crippen molar-refractivity contribution in [3.8, 4) is 0 Å². The van der Waals surface area contributed by atoms with Crippen LogP contribution in [0.15, 0.2) is 60.9 Å². The summed E-state index contributed by atoms with van der Waals surface area (Å²) in [6, 6.07) is 15.0. The third-order valence-corrected chi connectivity index (χ3v) is 5.34. The maximum absolute atomic E-state index is 13.8. The molecule has 27 heavy (non-hydrogen) atoms. The second-order valence-electron chi connectivity index (χ2n) is 6.65. The number of hydrogen-bond donors (Lipinski definition) is 1. The van der Waals surface area contributed by atoms with Crippen LogP contribution < -0.4 is 10.2 Å². The summed E-state index contributed by atoms with van der Waals surface area (Å²) in [7, 11) is 0. The SMILES string of the molecule is CCn1cccc1[C@@H]1[C@H](c2ccccn2)NC(=S)N1c1ccc(F)c(C)c1. The Labute approximate surface area is 163 Å². The van der Waals surface area contributed by atoms with E-state index in [1.165, 1.54) is 6.07 Å². The van der Waals surface area contributed by atoms with Crippen molar-refractivity contribution in [1.82, 2.24) is 14.9 Å². The highest BCUT2D eigenvalue weighted by atomic mass is 32.1. The van der Waals surface area contributed by atoms with E-state index < -0.39 is 0 Å². The molecule has 0 radical (unpaired) electrons. The lowest BCUT2D eigenvalue weighted by atomic mass is 10.0. The van der Waals surface area contributed by atoms with Crippen LogP contribution in [0.1, 0.15) is 36.0 Å². The molecule has 0 spiro atoms. The second-order valence-corrected chi connectivity index (χ2v) is 7.04. The topological polar surface area (TPSA) is 33.1 Å². The maximum Gasteiger partial charge on any atom is 0.174 e. The highest BCUT2D eigenvalue weighted by molar-refractivity contribution is 7.80. The summed E-state index contributed by atoms with van der Waals surface area (Å²) in [6.07, 6.45) is 3.86. The molecule has 3 aromatic rings. The smallest absolute Gasteiger partial charge is 0.174 e. The molecule has 1 fully saturated rings. The molecule has 0 bridgehead atoms. The van der Waals surface area contributed by atoms with Crippen LogP contribution in [0, 0.1) is 12.7 Å². The molecular weight excluding hydrogens is 359 g/mol. The van der Waals surface area contributed by atoms with Crippen LogP contribution in [-0.4, -0.2) is 14.7 Å². The molecule has 4 rings (SSSR count). The Hall–Kier alpha value is -2.73. The zero-order valence-corrected chi connectivity index (χ0v) is 16.1. The average molecular weight is 380 g/mol. The Balaban J connectivity index is 1.85. The van der Waals surface area contributed by atoms with Gasteiger partial charge in [-0.05, 0) is 74.1 Å². The van der Waals surface area contributed by atoms with Crippen molar-refractivity contribution in [3.05, 3.63) is 83.7 Å². The fourth-order valence-electron chi connectivity index (χ4n) is 3.70. The van der Waals surface area contributed by atoms with Crippen LogP contribution in [0.5, 0.6) is 0 Å². The lowest BCUT2D eigenvalue weighted by Gasteiger charge is -2.29. The van der Waals surface area contributed by atoms with Crippen molar-refractivity contribution in [2.24, 2.45) is 0 Å². The molecule has 1 aliphatic rings. The molecule has 4 nitrogen and oxygen atoms in total. The molecule has 138 valence electrons. The van der Waals surface area contributed by atoms with Gasteiger partial charge in [0.05, 0.1) is 11.7 Å². The van der Waals surface area contributed by atoms with Gasteiger partial charge in [-0.2, -0.15) is 0 Å². The predicted octanol–water partition coefficient (Wildman–Crippen LogP) is 4.53. The third kappa shape index (κ3) is 3.10. The molecule has 1 aliphatic heterocycles. The van der Waals surface area contributed by atoms with E-state index in [0.717, 1.165) is 23.6 Å². The van der Waals surface area contributed by atoms with Gasteiger partial charge in [0.1, 0.15) is 11.9 Å². The number of thiocarbonyl (C=S) groups is 1. The van der Waals surface area contributed by atoms with Crippen LogP contribution in [0.25, 0.3) is 0 Å². The number of anilines is 1.